The molecule has 0 unspecified atom stereocenters. The van der Waals surface area contributed by atoms with Gasteiger partial charge in [-0.25, -0.2) is 0 Å². The zero-order valence-electron chi connectivity index (χ0n) is 13.5. The minimum Gasteiger partial charge on any atom is -0.481 e. The van der Waals surface area contributed by atoms with Gasteiger partial charge in [-0.3, -0.25) is 9.59 Å². The number of hydrogen-bond donors (Lipinski definition) is 2. The molecule has 2 N–H and O–H groups in total. The molecule has 116 valence electrons. The van der Waals surface area contributed by atoms with Crippen LogP contribution < -0.4 is 5.32 Å². The highest BCUT2D eigenvalue weighted by Gasteiger charge is 2.45. The van der Waals surface area contributed by atoms with E-state index >= 15 is 0 Å². The summed E-state index contributed by atoms with van der Waals surface area (Å²) < 4.78 is 0. The van der Waals surface area contributed by atoms with Crippen LogP contribution in [0.3, 0.4) is 0 Å². The molecular weight excluding hydrogens is 254 g/mol. The molecule has 0 heterocycles. The molecule has 0 aromatic rings. The van der Waals surface area contributed by atoms with Gasteiger partial charge in [-0.1, -0.05) is 27.7 Å². The normalized spacial score (nSPS) is 23.1. The summed E-state index contributed by atoms with van der Waals surface area (Å²) in [6, 6.07) is 0. The van der Waals surface area contributed by atoms with Gasteiger partial charge in [0.05, 0.1) is 0 Å². The van der Waals surface area contributed by atoms with Crippen LogP contribution >= 0.6 is 0 Å². The maximum Gasteiger partial charge on any atom is 0.303 e. The third-order valence-electron chi connectivity index (χ3n) is 3.93. The summed E-state index contributed by atoms with van der Waals surface area (Å²) >= 11 is 0. The first-order valence-electron chi connectivity index (χ1n) is 7.46. The van der Waals surface area contributed by atoms with E-state index in [1.807, 2.05) is 0 Å². The van der Waals surface area contributed by atoms with Crippen molar-refractivity contribution in [3.8, 4) is 0 Å². The van der Waals surface area contributed by atoms with Crippen molar-refractivity contribution < 1.29 is 14.7 Å². The summed E-state index contributed by atoms with van der Waals surface area (Å²) in [5, 5.41) is 11.8. The number of carbonyl (C=O) groups is 2. The summed E-state index contributed by atoms with van der Waals surface area (Å²) in [5.41, 5.74) is 0.237. The maximum absolute atomic E-state index is 12.0. The molecule has 0 saturated heterocycles. The molecule has 0 radical (unpaired) electrons. The van der Waals surface area contributed by atoms with Crippen LogP contribution in [0.4, 0.5) is 0 Å². The fraction of sp³-hybridized carbons (Fsp3) is 0.875. The summed E-state index contributed by atoms with van der Waals surface area (Å²) in [5.74, 6) is -0.869. The lowest BCUT2D eigenvalue weighted by Gasteiger charge is -2.51. The van der Waals surface area contributed by atoms with Crippen LogP contribution in [0.5, 0.6) is 0 Å². The van der Waals surface area contributed by atoms with Crippen LogP contribution in [0.25, 0.3) is 0 Å². The predicted molar refractivity (Wildman–Crippen MR) is 79.4 cm³/mol. The Balaban J connectivity index is 2.60. The molecule has 1 fully saturated rings. The van der Waals surface area contributed by atoms with Crippen LogP contribution in [0.1, 0.15) is 73.1 Å². The van der Waals surface area contributed by atoms with Crippen LogP contribution in [0, 0.1) is 10.8 Å². The van der Waals surface area contributed by atoms with Crippen molar-refractivity contribution in [2.45, 2.75) is 78.7 Å². The zero-order valence-corrected chi connectivity index (χ0v) is 13.5. The van der Waals surface area contributed by atoms with E-state index < -0.39 is 5.97 Å². The fourth-order valence-electron chi connectivity index (χ4n) is 4.48. The van der Waals surface area contributed by atoms with Gasteiger partial charge in [0.25, 0.3) is 0 Å². The standard InChI is InChI=1S/C16H29NO3/c1-14(2)9-15(3,4)11-16(5,10-14)17-12(18)7-6-8-13(19)20/h6-11H2,1-5H3,(H,17,18)(H,19,20). The molecule has 0 aromatic carbocycles. The molecule has 1 amide bonds. The first-order chi connectivity index (χ1) is 8.93. The largest absolute Gasteiger partial charge is 0.481 e. The molecule has 1 saturated carbocycles. The Morgan fingerprint density at radius 3 is 1.90 bits per heavy atom. The Labute approximate surface area is 122 Å². The monoisotopic (exact) mass is 283 g/mol. The fourth-order valence-corrected chi connectivity index (χ4v) is 4.48. The highest BCUT2D eigenvalue weighted by Crippen LogP contribution is 2.49. The third kappa shape index (κ3) is 5.51. The van der Waals surface area contributed by atoms with Crippen LogP contribution in [-0.2, 0) is 9.59 Å². The van der Waals surface area contributed by atoms with E-state index in [1.54, 1.807) is 0 Å². The number of hydrogen-bond acceptors (Lipinski definition) is 2. The number of nitrogens with one attached hydrogen (secondary N) is 1. The summed E-state index contributed by atoms with van der Waals surface area (Å²) in [4.78, 5) is 22.5. The SMILES string of the molecule is CC1(C)CC(C)(C)CC(C)(NC(=O)CCCC(=O)O)C1. The molecular formula is C16H29NO3. The number of rotatable bonds is 5. The molecule has 0 aromatic heterocycles. The summed E-state index contributed by atoms with van der Waals surface area (Å²) in [6.07, 6.45) is 3.85. The van der Waals surface area contributed by atoms with Crippen molar-refractivity contribution in [1.29, 1.82) is 0 Å². The van der Waals surface area contributed by atoms with E-state index in [0.717, 1.165) is 19.3 Å². The predicted octanol–water partition coefficient (Wildman–Crippen LogP) is 3.35. The van der Waals surface area contributed by atoms with E-state index in [-0.39, 0.29) is 28.7 Å². The quantitative estimate of drug-likeness (QED) is 0.813. The van der Waals surface area contributed by atoms with Crippen molar-refractivity contribution in [3.05, 3.63) is 0 Å². The molecule has 0 spiro atoms. The van der Waals surface area contributed by atoms with E-state index in [0.29, 0.717) is 12.8 Å². The van der Waals surface area contributed by atoms with Crippen molar-refractivity contribution in [1.82, 2.24) is 5.32 Å². The Morgan fingerprint density at radius 2 is 1.45 bits per heavy atom. The van der Waals surface area contributed by atoms with Gasteiger partial charge in [-0.2, -0.15) is 0 Å². The second-order valence-corrected chi connectivity index (χ2v) is 8.21. The zero-order chi connectivity index (χ0) is 15.6. The lowest BCUT2D eigenvalue weighted by atomic mass is 9.59. The Morgan fingerprint density at radius 1 is 0.950 bits per heavy atom. The Bertz CT molecular complexity index is 369. The first kappa shape index (κ1) is 17.0. The van der Waals surface area contributed by atoms with Crippen molar-refractivity contribution >= 4 is 11.9 Å². The smallest absolute Gasteiger partial charge is 0.303 e. The Hall–Kier alpha value is -1.06. The summed E-state index contributed by atoms with van der Waals surface area (Å²) in [6.45, 7) is 11.1. The molecule has 4 nitrogen and oxygen atoms in total. The molecule has 1 aliphatic rings. The van der Waals surface area contributed by atoms with Gasteiger partial charge in [0.1, 0.15) is 0 Å². The summed E-state index contributed by atoms with van der Waals surface area (Å²) in [7, 11) is 0. The van der Waals surface area contributed by atoms with Crippen molar-refractivity contribution in [2.75, 3.05) is 0 Å². The molecule has 20 heavy (non-hydrogen) atoms. The molecule has 0 bridgehead atoms. The van der Waals surface area contributed by atoms with E-state index in [2.05, 4.69) is 39.9 Å². The lowest BCUT2D eigenvalue weighted by Crippen LogP contribution is -2.54. The number of carbonyl (C=O) groups excluding carboxylic acids is 1. The van der Waals surface area contributed by atoms with Gasteiger partial charge in [0.2, 0.25) is 5.91 Å². The van der Waals surface area contributed by atoms with Gasteiger partial charge in [0.15, 0.2) is 0 Å². The minimum absolute atomic E-state index is 0.0257. The van der Waals surface area contributed by atoms with Gasteiger partial charge in [-0.05, 0) is 43.4 Å². The highest BCUT2D eigenvalue weighted by atomic mass is 16.4. The lowest BCUT2D eigenvalue weighted by molar-refractivity contribution is -0.137. The number of aliphatic carboxylic acids is 1. The average molecular weight is 283 g/mol. The van der Waals surface area contributed by atoms with Crippen LogP contribution in [0.15, 0.2) is 0 Å². The molecule has 1 aliphatic carbocycles. The topological polar surface area (TPSA) is 66.4 Å². The average Bonchev–Trinajstić information content (AvgIpc) is 2.08. The Kier molecular flexibility index (Phi) is 4.88. The van der Waals surface area contributed by atoms with Gasteiger partial charge >= 0.3 is 5.97 Å². The number of amides is 1. The first-order valence-corrected chi connectivity index (χ1v) is 7.46. The second kappa shape index (κ2) is 5.74. The van der Waals surface area contributed by atoms with Crippen LogP contribution in [-0.4, -0.2) is 22.5 Å². The highest BCUT2D eigenvalue weighted by molar-refractivity contribution is 5.77. The van der Waals surface area contributed by atoms with Gasteiger partial charge < -0.3 is 10.4 Å². The molecule has 0 aliphatic heterocycles. The maximum atomic E-state index is 12.0. The van der Waals surface area contributed by atoms with Gasteiger partial charge in [-0.15, -0.1) is 0 Å². The number of carboxylic acid groups (broad SMARTS) is 1. The van der Waals surface area contributed by atoms with Crippen molar-refractivity contribution in [2.24, 2.45) is 10.8 Å². The van der Waals surface area contributed by atoms with Crippen molar-refractivity contribution in [3.63, 3.8) is 0 Å². The van der Waals surface area contributed by atoms with Crippen LogP contribution in [0.2, 0.25) is 0 Å². The van der Waals surface area contributed by atoms with E-state index in [9.17, 15) is 9.59 Å². The molecule has 0 atom stereocenters. The minimum atomic E-state index is -0.844. The molecule has 4 heteroatoms. The molecule has 1 rings (SSSR count). The number of carboxylic acids is 1. The van der Waals surface area contributed by atoms with E-state index in [1.165, 1.54) is 0 Å². The second-order valence-electron chi connectivity index (χ2n) is 8.21. The van der Waals surface area contributed by atoms with Gasteiger partial charge in [0, 0.05) is 18.4 Å². The van der Waals surface area contributed by atoms with E-state index in [4.69, 9.17) is 5.11 Å². The third-order valence-corrected chi connectivity index (χ3v) is 3.93.